The van der Waals surface area contributed by atoms with E-state index < -0.39 is 12.2 Å². The number of anilines is 1. The van der Waals surface area contributed by atoms with E-state index in [-0.39, 0.29) is 11.2 Å². The predicted octanol–water partition coefficient (Wildman–Crippen LogP) is 1.71. The van der Waals surface area contributed by atoms with E-state index in [9.17, 15) is 14.6 Å². The molecule has 0 aliphatic heterocycles. The van der Waals surface area contributed by atoms with Crippen LogP contribution in [0, 0.1) is 17.2 Å². The van der Waals surface area contributed by atoms with E-state index in [0.717, 1.165) is 12.0 Å². The van der Waals surface area contributed by atoms with Gasteiger partial charge in [0.15, 0.2) is 11.5 Å². The lowest BCUT2D eigenvalue weighted by Gasteiger charge is -2.21. The molecule has 2 fully saturated rings. The topological polar surface area (TPSA) is 96.1 Å². The van der Waals surface area contributed by atoms with Crippen LogP contribution in [-0.2, 0) is 13.1 Å². The van der Waals surface area contributed by atoms with E-state index in [1.54, 1.807) is 12.4 Å². The Labute approximate surface area is 154 Å². The molecule has 0 spiro atoms. The second-order valence-corrected chi connectivity index (χ2v) is 7.63. The zero-order valence-electron chi connectivity index (χ0n) is 14.6. The van der Waals surface area contributed by atoms with Gasteiger partial charge in [-0.1, -0.05) is 12.1 Å². The van der Waals surface area contributed by atoms with Crippen molar-refractivity contribution < 1.29 is 14.6 Å². The predicted molar refractivity (Wildman–Crippen MR) is 96.2 cm³/mol. The first-order valence-corrected chi connectivity index (χ1v) is 9.07. The molecule has 0 bridgehead atoms. The lowest BCUT2D eigenvalue weighted by Crippen LogP contribution is -2.32. The highest BCUT2D eigenvalue weighted by molar-refractivity contribution is 5.82. The first kappa shape index (κ1) is 16.6. The highest BCUT2D eigenvalue weighted by Gasteiger charge is 2.66. The van der Waals surface area contributed by atoms with Gasteiger partial charge in [-0.15, -0.1) is 0 Å². The third-order valence-electron chi connectivity index (χ3n) is 5.97. The molecule has 0 radical (unpaired) electrons. The number of fused-ring (bicyclic) bond motifs is 2. The van der Waals surface area contributed by atoms with Gasteiger partial charge >= 0.3 is 0 Å². The Morgan fingerprint density at radius 1 is 1.26 bits per heavy atom. The van der Waals surface area contributed by atoms with E-state index >= 15 is 0 Å². The second kappa shape index (κ2) is 5.97. The standard InChI is InChI=1S/C19H20FN5O2/c20-13-3-1-2-11(4-13)7-21-17-15-18(23-9-22-17)25(10-24-15)8-19-6-12(19)5-14(26)16(19)27/h1-4,9-10,12,14,16,26-27H,5-8H2,(H,21,22,23)/t12-,14-,16-,19-/m1/s1. The molecule has 1 aromatic carbocycles. The average Bonchev–Trinajstić information content (AvgIpc) is 3.09. The molecule has 8 heteroatoms. The second-order valence-electron chi connectivity index (χ2n) is 7.63. The fourth-order valence-electron chi connectivity index (χ4n) is 4.45. The Kier molecular flexibility index (Phi) is 3.66. The van der Waals surface area contributed by atoms with Gasteiger partial charge < -0.3 is 20.1 Å². The van der Waals surface area contributed by atoms with Gasteiger partial charge in [0.25, 0.3) is 0 Å². The maximum atomic E-state index is 13.3. The van der Waals surface area contributed by atoms with Crippen LogP contribution in [0.2, 0.25) is 0 Å². The number of aliphatic hydroxyl groups excluding tert-OH is 2. The molecule has 3 N–H and O–H groups in total. The highest BCUT2D eigenvalue weighted by Crippen LogP contribution is 2.64. The highest BCUT2D eigenvalue weighted by atomic mass is 19.1. The summed E-state index contributed by atoms with van der Waals surface area (Å²) in [7, 11) is 0. The molecule has 2 aromatic heterocycles. The summed E-state index contributed by atoms with van der Waals surface area (Å²) in [6, 6.07) is 6.39. The molecule has 27 heavy (non-hydrogen) atoms. The molecule has 140 valence electrons. The number of aromatic nitrogens is 4. The van der Waals surface area contributed by atoms with E-state index in [1.165, 1.54) is 18.5 Å². The molecular formula is C19H20FN5O2. The molecule has 7 nitrogen and oxygen atoms in total. The molecule has 2 saturated carbocycles. The van der Waals surface area contributed by atoms with Gasteiger partial charge in [-0.2, -0.15) is 0 Å². The van der Waals surface area contributed by atoms with Gasteiger partial charge in [0.1, 0.15) is 17.7 Å². The Bertz CT molecular complexity index is 1010. The Morgan fingerprint density at radius 3 is 2.93 bits per heavy atom. The van der Waals surface area contributed by atoms with Crippen LogP contribution in [0.3, 0.4) is 0 Å². The average molecular weight is 369 g/mol. The van der Waals surface area contributed by atoms with Crippen molar-refractivity contribution in [2.75, 3.05) is 5.32 Å². The van der Waals surface area contributed by atoms with Crippen molar-refractivity contribution in [2.24, 2.45) is 11.3 Å². The first-order chi connectivity index (χ1) is 13.1. The molecule has 2 aliphatic carbocycles. The van der Waals surface area contributed by atoms with Crippen LogP contribution in [0.1, 0.15) is 18.4 Å². The fourth-order valence-corrected chi connectivity index (χ4v) is 4.45. The van der Waals surface area contributed by atoms with Crippen LogP contribution in [0.4, 0.5) is 10.2 Å². The van der Waals surface area contributed by atoms with Crippen molar-refractivity contribution in [2.45, 2.75) is 38.1 Å². The van der Waals surface area contributed by atoms with Crippen molar-refractivity contribution in [1.82, 2.24) is 19.5 Å². The van der Waals surface area contributed by atoms with Crippen LogP contribution in [0.15, 0.2) is 36.9 Å². The monoisotopic (exact) mass is 369 g/mol. The Morgan fingerprint density at radius 2 is 2.15 bits per heavy atom. The maximum absolute atomic E-state index is 13.3. The summed E-state index contributed by atoms with van der Waals surface area (Å²) in [4.78, 5) is 13.1. The van der Waals surface area contributed by atoms with Gasteiger partial charge in [0, 0.05) is 18.5 Å². The van der Waals surface area contributed by atoms with E-state index in [2.05, 4.69) is 20.3 Å². The largest absolute Gasteiger partial charge is 0.390 e. The normalized spacial score (nSPS) is 29.1. The summed E-state index contributed by atoms with van der Waals surface area (Å²) < 4.78 is 15.3. The van der Waals surface area contributed by atoms with Gasteiger partial charge in [-0.25, -0.2) is 19.3 Å². The van der Waals surface area contributed by atoms with E-state index in [4.69, 9.17) is 0 Å². The summed E-state index contributed by atoms with van der Waals surface area (Å²) in [5, 5.41) is 23.5. The van der Waals surface area contributed by atoms with Crippen LogP contribution in [-0.4, -0.2) is 41.9 Å². The van der Waals surface area contributed by atoms with Crippen molar-refractivity contribution >= 4 is 17.0 Å². The van der Waals surface area contributed by atoms with E-state index in [0.29, 0.717) is 42.4 Å². The molecule has 2 heterocycles. The molecule has 0 amide bonds. The number of imidazole rings is 1. The Hall–Kier alpha value is -2.58. The van der Waals surface area contributed by atoms with Gasteiger partial charge in [-0.05, 0) is 36.5 Å². The number of nitrogens with one attached hydrogen (secondary N) is 1. The third-order valence-corrected chi connectivity index (χ3v) is 5.97. The minimum atomic E-state index is -0.702. The SMILES string of the molecule is O[C@@H]1C[C@@H]2C[C@]2(Cn2cnc3c(NCc4cccc(F)c4)ncnc32)[C@@H]1O. The van der Waals surface area contributed by atoms with Crippen molar-refractivity contribution in [3.63, 3.8) is 0 Å². The number of benzene rings is 1. The summed E-state index contributed by atoms with van der Waals surface area (Å²) in [5.41, 5.74) is 1.85. The zero-order chi connectivity index (χ0) is 18.6. The van der Waals surface area contributed by atoms with Crippen LogP contribution >= 0.6 is 0 Å². The smallest absolute Gasteiger partial charge is 0.165 e. The number of aliphatic hydroxyl groups is 2. The number of halogens is 1. The Balaban J connectivity index is 1.39. The molecule has 0 unspecified atom stereocenters. The summed E-state index contributed by atoms with van der Waals surface area (Å²) in [6.07, 6.45) is 3.40. The molecule has 5 rings (SSSR count). The van der Waals surface area contributed by atoms with E-state index in [1.807, 2.05) is 10.6 Å². The molecular weight excluding hydrogens is 349 g/mol. The van der Waals surface area contributed by atoms with Gasteiger partial charge in [0.2, 0.25) is 0 Å². The van der Waals surface area contributed by atoms with Crippen molar-refractivity contribution in [3.05, 3.63) is 48.3 Å². The van der Waals surface area contributed by atoms with Gasteiger partial charge in [-0.3, -0.25) is 0 Å². The quantitative estimate of drug-likeness (QED) is 0.634. The minimum absolute atomic E-state index is 0.271. The zero-order valence-corrected chi connectivity index (χ0v) is 14.6. The molecule has 3 aromatic rings. The molecule has 0 saturated heterocycles. The maximum Gasteiger partial charge on any atom is 0.165 e. The van der Waals surface area contributed by atoms with Gasteiger partial charge in [0.05, 0.1) is 18.5 Å². The number of rotatable bonds is 5. The van der Waals surface area contributed by atoms with Crippen molar-refractivity contribution in [3.8, 4) is 0 Å². The third kappa shape index (κ3) is 2.67. The number of hydrogen-bond acceptors (Lipinski definition) is 6. The minimum Gasteiger partial charge on any atom is -0.390 e. The summed E-state index contributed by atoms with van der Waals surface area (Å²) >= 11 is 0. The lowest BCUT2D eigenvalue weighted by molar-refractivity contribution is -0.00665. The lowest BCUT2D eigenvalue weighted by atomic mass is 9.99. The molecule has 2 aliphatic rings. The first-order valence-electron chi connectivity index (χ1n) is 9.07. The van der Waals surface area contributed by atoms with Crippen LogP contribution < -0.4 is 5.32 Å². The van der Waals surface area contributed by atoms with Crippen LogP contribution in [0.5, 0.6) is 0 Å². The van der Waals surface area contributed by atoms with Crippen molar-refractivity contribution in [1.29, 1.82) is 0 Å². The fraction of sp³-hybridized carbons (Fsp3) is 0.421. The number of nitrogens with zero attached hydrogens (tertiary/aromatic N) is 4. The number of hydrogen-bond donors (Lipinski definition) is 3. The van der Waals surface area contributed by atoms with Crippen LogP contribution in [0.25, 0.3) is 11.2 Å². The summed E-state index contributed by atoms with van der Waals surface area (Å²) in [5.74, 6) is 0.661. The molecule has 4 atom stereocenters. The summed E-state index contributed by atoms with van der Waals surface area (Å²) in [6.45, 7) is 1.00.